The molecular formula is C26H30N2O2. The van der Waals surface area contributed by atoms with Gasteiger partial charge in [0.1, 0.15) is 6.17 Å². The molecule has 156 valence electrons. The maximum atomic E-state index is 5.74. The normalized spacial score (nSPS) is 14.3. The van der Waals surface area contributed by atoms with E-state index in [0.717, 1.165) is 24.6 Å². The molecule has 30 heavy (non-hydrogen) atoms. The molecule has 4 nitrogen and oxygen atoms in total. The lowest BCUT2D eigenvalue weighted by Gasteiger charge is -2.33. The smallest absolute Gasteiger partial charge is 0.161 e. The molecule has 0 spiro atoms. The average molecular weight is 403 g/mol. The van der Waals surface area contributed by atoms with Gasteiger partial charge in [-0.05, 0) is 62.7 Å². The Morgan fingerprint density at radius 1 is 0.767 bits per heavy atom. The zero-order valence-corrected chi connectivity index (χ0v) is 18.3. The molecule has 0 amide bonds. The summed E-state index contributed by atoms with van der Waals surface area (Å²) >= 11 is 0. The predicted molar refractivity (Wildman–Crippen MR) is 124 cm³/mol. The average Bonchev–Trinajstić information content (AvgIpc) is 3.20. The van der Waals surface area contributed by atoms with Crippen molar-refractivity contribution in [2.75, 3.05) is 36.6 Å². The van der Waals surface area contributed by atoms with E-state index in [2.05, 4.69) is 84.3 Å². The van der Waals surface area contributed by atoms with E-state index in [4.69, 9.17) is 9.47 Å². The molecule has 4 heteroatoms. The van der Waals surface area contributed by atoms with Crippen LogP contribution < -0.4 is 19.3 Å². The highest BCUT2D eigenvalue weighted by atomic mass is 16.5. The van der Waals surface area contributed by atoms with E-state index in [1.807, 2.05) is 13.0 Å². The number of hydrogen-bond donors (Lipinski definition) is 0. The number of nitrogens with zero attached hydrogens (tertiary/aromatic N) is 2. The van der Waals surface area contributed by atoms with Crippen molar-refractivity contribution in [2.45, 2.75) is 26.9 Å². The number of anilines is 2. The van der Waals surface area contributed by atoms with Gasteiger partial charge in [-0.3, -0.25) is 0 Å². The monoisotopic (exact) mass is 402 g/mol. The molecule has 0 N–H and O–H groups in total. The quantitative estimate of drug-likeness (QED) is 0.525. The third-order valence-corrected chi connectivity index (χ3v) is 5.69. The van der Waals surface area contributed by atoms with Crippen LogP contribution in [0.3, 0.4) is 0 Å². The molecule has 0 atom stereocenters. The molecule has 0 saturated carbocycles. The molecule has 0 aromatic heterocycles. The number of hydrogen-bond acceptors (Lipinski definition) is 4. The van der Waals surface area contributed by atoms with Gasteiger partial charge in [-0.1, -0.05) is 41.5 Å². The van der Waals surface area contributed by atoms with Crippen LogP contribution >= 0.6 is 0 Å². The Morgan fingerprint density at radius 2 is 1.30 bits per heavy atom. The van der Waals surface area contributed by atoms with Gasteiger partial charge in [0.15, 0.2) is 11.5 Å². The van der Waals surface area contributed by atoms with Crippen LogP contribution in [0.15, 0.2) is 66.7 Å². The van der Waals surface area contributed by atoms with Crippen molar-refractivity contribution < 1.29 is 9.47 Å². The van der Waals surface area contributed by atoms with Gasteiger partial charge in [0.2, 0.25) is 0 Å². The second-order valence-electron chi connectivity index (χ2n) is 7.77. The lowest BCUT2D eigenvalue weighted by Crippen LogP contribution is -2.31. The van der Waals surface area contributed by atoms with Crippen LogP contribution in [-0.4, -0.2) is 26.8 Å². The number of ether oxygens (including phenoxy) is 2. The molecule has 0 bridgehead atoms. The van der Waals surface area contributed by atoms with E-state index in [1.54, 1.807) is 7.11 Å². The van der Waals surface area contributed by atoms with E-state index in [-0.39, 0.29) is 6.17 Å². The summed E-state index contributed by atoms with van der Waals surface area (Å²) in [4.78, 5) is 4.93. The third-order valence-electron chi connectivity index (χ3n) is 5.69. The fraction of sp³-hybridized carbons (Fsp3) is 0.308. The van der Waals surface area contributed by atoms with Gasteiger partial charge in [0, 0.05) is 24.5 Å². The van der Waals surface area contributed by atoms with Crippen LogP contribution in [0.25, 0.3) is 0 Å². The second-order valence-corrected chi connectivity index (χ2v) is 7.77. The zero-order valence-electron chi connectivity index (χ0n) is 18.3. The molecule has 0 aliphatic carbocycles. The lowest BCUT2D eigenvalue weighted by molar-refractivity contribution is 0.310. The highest BCUT2D eigenvalue weighted by molar-refractivity contribution is 5.60. The van der Waals surface area contributed by atoms with Crippen LogP contribution in [0.4, 0.5) is 11.4 Å². The van der Waals surface area contributed by atoms with Crippen molar-refractivity contribution in [3.8, 4) is 11.5 Å². The summed E-state index contributed by atoms with van der Waals surface area (Å²) in [6.45, 7) is 8.77. The Kier molecular flexibility index (Phi) is 5.84. The molecule has 3 aromatic carbocycles. The Hall–Kier alpha value is -3.14. The first-order chi connectivity index (χ1) is 14.6. The first-order valence-corrected chi connectivity index (χ1v) is 10.6. The number of benzene rings is 3. The van der Waals surface area contributed by atoms with Crippen molar-refractivity contribution in [3.05, 3.63) is 83.4 Å². The lowest BCUT2D eigenvalue weighted by atomic mass is 10.1. The molecule has 1 fully saturated rings. The molecule has 1 aliphatic heterocycles. The molecule has 4 rings (SSSR count). The largest absolute Gasteiger partial charge is 0.493 e. The molecule has 1 aliphatic rings. The maximum Gasteiger partial charge on any atom is 0.161 e. The molecule has 1 heterocycles. The Morgan fingerprint density at radius 3 is 1.77 bits per heavy atom. The minimum Gasteiger partial charge on any atom is -0.493 e. The van der Waals surface area contributed by atoms with Gasteiger partial charge in [-0.25, -0.2) is 0 Å². The first kappa shape index (κ1) is 20.1. The van der Waals surface area contributed by atoms with E-state index >= 15 is 0 Å². The Bertz CT molecular complexity index is 929. The van der Waals surface area contributed by atoms with Crippen molar-refractivity contribution in [2.24, 2.45) is 0 Å². The van der Waals surface area contributed by atoms with Crippen LogP contribution in [-0.2, 0) is 0 Å². The summed E-state index contributed by atoms with van der Waals surface area (Å²) in [5.74, 6) is 1.56. The topological polar surface area (TPSA) is 24.9 Å². The van der Waals surface area contributed by atoms with Gasteiger partial charge < -0.3 is 19.3 Å². The number of aryl methyl sites for hydroxylation is 2. The van der Waals surface area contributed by atoms with Gasteiger partial charge >= 0.3 is 0 Å². The highest BCUT2D eigenvalue weighted by Gasteiger charge is 2.34. The SMILES string of the molecule is CCOc1ccc(C2N(c3ccc(C)cc3)CCN2c2ccc(C)cc2)cc1OC. The summed E-state index contributed by atoms with van der Waals surface area (Å²) in [6, 6.07) is 23.9. The van der Waals surface area contributed by atoms with E-state index in [9.17, 15) is 0 Å². The van der Waals surface area contributed by atoms with Crippen LogP contribution in [0.5, 0.6) is 11.5 Å². The Balaban J connectivity index is 1.77. The van der Waals surface area contributed by atoms with Gasteiger partial charge in [0.05, 0.1) is 13.7 Å². The van der Waals surface area contributed by atoms with E-state index < -0.39 is 0 Å². The van der Waals surface area contributed by atoms with Crippen LogP contribution in [0.2, 0.25) is 0 Å². The second kappa shape index (κ2) is 8.70. The van der Waals surface area contributed by atoms with Crippen molar-refractivity contribution in [1.29, 1.82) is 0 Å². The van der Waals surface area contributed by atoms with Gasteiger partial charge in [0.25, 0.3) is 0 Å². The third kappa shape index (κ3) is 3.95. The first-order valence-electron chi connectivity index (χ1n) is 10.6. The van der Waals surface area contributed by atoms with Crippen molar-refractivity contribution >= 4 is 11.4 Å². The van der Waals surface area contributed by atoms with Gasteiger partial charge in [-0.2, -0.15) is 0 Å². The minimum absolute atomic E-state index is 0.0833. The summed E-state index contributed by atoms with van der Waals surface area (Å²) in [6.07, 6.45) is 0.0833. The number of rotatable bonds is 6. The van der Waals surface area contributed by atoms with Gasteiger partial charge in [-0.15, -0.1) is 0 Å². The minimum atomic E-state index is 0.0833. The summed E-state index contributed by atoms with van der Waals surface area (Å²) < 4.78 is 11.4. The number of methoxy groups -OCH3 is 1. The van der Waals surface area contributed by atoms with E-state index in [1.165, 1.54) is 28.1 Å². The van der Waals surface area contributed by atoms with Crippen molar-refractivity contribution in [1.82, 2.24) is 0 Å². The molecule has 0 unspecified atom stereocenters. The summed E-state index contributed by atoms with van der Waals surface area (Å²) in [7, 11) is 1.70. The predicted octanol–water partition coefficient (Wildman–Crippen LogP) is 5.74. The highest BCUT2D eigenvalue weighted by Crippen LogP contribution is 2.40. The standard InChI is InChI=1S/C26H30N2O2/c1-5-30-24-15-10-21(18-25(24)29-4)26-27(22-11-6-19(2)7-12-22)16-17-28(26)23-13-8-20(3)9-14-23/h6-15,18,26H,5,16-17H2,1-4H3. The van der Waals surface area contributed by atoms with E-state index in [0.29, 0.717) is 6.61 Å². The van der Waals surface area contributed by atoms with Crippen LogP contribution in [0, 0.1) is 13.8 Å². The molecule has 1 saturated heterocycles. The fourth-order valence-electron chi connectivity index (χ4n) is 4.12. The zero-order chi connectivity index (χ0) is 21.1. The maximum absolute atomic E-state index is 5.74. The fourth-order valence-corrected chi connectivity index (χ4v) is 4.12. The van der Waals surface area contributed by atoms with Crippen LogP contribution in [0.1, 0.15) is 29.8 Å². The Labute approximate surface area is 179 Å². The molecule has 0 radical (unpaired) electrons. The summed E-state index contributed by atoms with van der Waals surface area (Å²) in [5.41, 5.74) is 6.19. The van der Waals surface area contributed by atoms with Crippen molar-refractivity contribution in [3.63, 3.8) is 0 Å². The summed E-state index contributed by atoms with van der Waals surface area (Å²) in [5, 5.41) is 0. The molecular weight excluding hydrogens is 372 g/mol. The molecule has 3 aromatic rings.